The average molecular weight is 277 g/mol. The van der Waals surface area contributed by atoms with Gasteiger partial charge < -0.3 is 10.4 Å². The van der Waals surface area contributed by atoms with Crippen LogP contribution in [0.4, 0.5) is 0 Å². The summed E-state index contributed by atoms with van der Waals surface area (Å²) in [7, 11) is 0. The smallest absolute Gasteiger partial charge is 0.254 e. The topological polar surface area (TPSA) is 62.2 Å². The van der Waals surface area contributed by atoms with Crippen LogP contribution >= 0.6 is 23.2 Å². The molecule has 0 bridgehead atoms. The summed E-state index contributed by atoms with van der Waals surface area (Å²) in [6, 6.07) is 2.87. The molecule has 0 spiro atoms. The molecule has 0 aliphatic carbocycles. The standard InChI is InChI=1S/C11H14Cl2N2O2/c1-6(5-16)7(2)14-11(17)8-3-4-9(12)15-10(8)13/h3-4,6-7,16H,5H2,1-2H3,(H,14,17). The minimum atomic E-state index is -0.327. The quantitative estimate of drug-likeness (QED) is 0.829. The van der Waals surface area contributed by atoms with Gasteiger partial charge in [0.05, 0.1) is 5.56 Å². The fourth-order valence-electron chi connectivity index (χ4n) is 1.17. The largest absolute Gasteiger partial charge is 0.396 e. The number of carbonyl (C=O) groups is 1. The number of aliphatic hydroxyl groups is 1. The van der Waals surface area contributed by atoms with Gasteiger partial charge in [0.15, 0.2) is 0 Å². The third kappa shape index (κ3) is 3.84. The summed E-state index contributed by atoms with van der Waals surface area (Å²) < 4.78 is 0. The van der Waals surface area contributed by atoms with Crippen LogP contribution in [0.2, 0.25) is 10.3 Å². The lowest BCUT2D eigenvalue weighted by Crippen LogP contribution is -2.38. The highest BCUT2D eigenvalue weighted by Gasteiger charge is 2.17. The van der Waals surface area contributed by atoms with E-state index < -0.39 is 0 Å². The Bertz CT molecular complexity index is 412. The van der Waals surface area contributed by atoms with Crippen LogP contribution in [0.25, 0.3) is 0 Å². The molecule has 1 aromatic heterocycles. The van der Waals surface area contributed by atoms with Gasteiger partial charge in [0.1, 0.15) is 10.3 Å². The average Bonchev–Trinajstić information content (AvgIpc) is 2.27. The summed E-state index contributed by atoms with van der Waals surface area (Å²) in [6.07, 6.45) is 0. The molecule has 1 rings (SSSR count). The molecule has 0 radical (unpaired) electrons. The molecule has 0 aromatic carbocycles. The number of nitrogens with one attached hydrogen (secondary N) is 1. The van der Waals surface area contributed by atoms with E-state index in [1.165, 1.54) is 12.1 Å². The Morgan fingerprint density at radius 3 is 2.65 bits per heavy atom. The summed E-state index contributed by atoms with van der Waals surface area (Å²) in [4.78, 5) is 15.6. The summed E-state index contributed by atoms with van der Waals surface area (Å²) in [5.41, 5.74) is 0.271. The van der Waals surface area contributed by atoms with Crippen LogP contribution in [0.5, 0.6) is 0 Å². The van der Waals surface area contributed by atoms with Crippen molar-refractivity contribution < 1.29 is 9.90 Å². The number of hydrogen-bond donors (Lipinski definition) is 2. The van der Waals surface area contributed by atoms with Crippen molar-refractivity contribution in [3.8, 4) is 0 Å². The second-order valence-corrected chi connectivity index (χ2v) is 4.64. The molecule has 0 fully saturated rings. The second kappa shape index (κ2) is 6.19. The zero-order valence-electron chi connectivity index (χ0n) is 9.58. The number of halogens is 2. The third-order valence-electron chi connectivity index (χ3n) is 2.56. The Balaban J connectivity index is 2.76. The highest BCUT2D eigenvalue weighted by molar-refractivity contribution is 6.34. The number of pyridine rings is 1. The first-order valence-corrected chi connectivity index (χ1v) is 5.95. The van der Waals surface area contributed by atoms with Crippen LogP contribution in [-0.2, 0) is 0 Å². The minimum absolute atomic E-state index is 0.00798. The van der Waals surface area contributed by atoms with Crippen LogP contribution in [0, 0.1) is 5.92 Å². The van der Waals surface area contributed by atoms with E-state index in [0.717, 1.165) is 0 Å². The first-order valence-electron chi connectivity index (χ1n) is 5.19. The molecule has 1 aromatic rings. The van der Waals surface area contributed by atoms with Crippen molar-refractivity contribution in [2.45, 2.75) is 19.9 Å². The van der Waals surface area contributed by atoms with E-state index in [9.17, 15) is 4.79 Å². The number of aliphatic hydroxyl groups excluding tert-OH is 1. The van der Waals surface area contributed by atoms with E-state index in [-0.39, 0.29) is 40.3 Å². The maximum atomic E-state index is 11.8. The summed E-state index contributed by atoms with van der Waals surface area (Å²) in [5.74, 6) is -0.357. The number of amides is 1. The van der Waals surface area contributed by atoms with E-state index in [2.05, 4.69) is 10.3 Å². The molecule has 94 valence electrons. The predicted molar refractivity (Wildman–Crippen MR) is 67.4 cm³/mol. The maximum Gasteiger partial charge on any atom is 0.254 e. The van der Waals surface area contributed by atoms with Gasteiger partial charge in [-0.2, -0.15) is 0 Å². The molecule has 2 N–H and O–H groups in total. The first kappa shape index (κ1) is 14.2. The molecule has 2 unspecified atom stereocenters. The lowest BCUT2D eigenvalue weighted by molar-refractivity contribution is 0.0916. The van der Waals surface area contributed by atoms with Crippen molar-refractivity contribution in [1.82, 2.24) is 10.3 Å². The Hall–Kier alpha value is -0.840. The molecule has 1 amide bonds. The zero-order valence-corrected chi connectivity index (χ0v) is 11.1. The molecular formula is C11H14Cl2N2O2. The first-order chi connectivity index (χ1) is 7.95. The van der Waals surface area contributed by atoms with Gasteiger partial charge in [0.25, 0.3) is 5.91 Å². The van der Waals surface area contributed by atoms with Crippen LogP contribution in [0.1, 0.15) is 24.2 Å². The van der Waals surface area contributed by atoms with Crippen molar-refractivity contribution in [1.29, 1.82) is 0 Å². The van der Waals surface area contributed by atoms with Gasteiger partial charge in [-0.05, 0) is 25.0 Å². The Kier molecular flexibility index (Phi) is 5.18. The van der Waals surface area contributed by atoms with E-state index in [1.807, 2.05) is 13.8 Å². The molecule has 4 nitrogen and oxygen atoms in total. The highest BCUT2D eigenvalue weighted by atomic mass is 35.5. The molecule has 1 heterocycles. The summed E-state index contributed by atoms with van der Waals surface area (Å²) in [6.45, 7) is 3.66. The molecule has 0 aliphatic heterocycles. The van der Waals surface area contributed by atoms with Gasteiger partial charge in [0.2, 0.25) is 0 Å². The molecule has 0 saturated heterocycles. The van der Waals surface area contributed by atoms with E-state index in [4.69, 9.17) is 28.3 Å². The van der Waals surface area contributed by atoms with Gasteiger partial charge in [-0.15, -0.1) is 0 Å². The highest BCUT2D eigenvalue weighted by Crippen LogP contribution is 2.16. The fraction of sp³-hybridized carbons (Fsp3) is 0.455. The van der Waals surface area contributed by atoms with Crippen molar-refractivity contribution in [2.24, 2.45) is 5.92 Å². The number of hydrogen-bond acceptors (Lipinski definition) is 3. The molecule has 17 heavy (non-hydrogen) atoms. The van der Waals surface area contributed by atoms with Gasteiger partial charge in [-0.25, -0.2) is 4.98 Å². The van der Waals surface area contributed by atoms with Crippen LogP contribution in [0.3, 0.4) is 0 Å². The Labute approximate surface area is 110 Å². The second-order valence-electron chi connectivity index (χ2n) is 3.89. The molecule has 0 saturated carbocycles. The SMILES string of the molecule is CC(CO)C(C)NC(=O)c1ccc(Cl)nc1Cl. The van der Waals surface area contributed by atoms with Crippen molar-refractivity contribution in [2.75, 3.05) is 6.61 Å². The fourth-order valence-corrected chi connectivity index (χ4v) is 1.60. The summed E-state index contributed by atoms with van der Waals surface area (Å²) in [5, 5.41) is 12.0. The van der Waals surface area contributed by atoms with E-state index in [1.54, 1.807) is 0 Å². The van der Waals surface area contributed by atoms with Crippen LogP contribution < -0.4 is 5.32 Å². The Morgan fingerprint density at radius 2 is 2.12 bits per heavy atom. The van der Waals surface area contributed by atoms with Crippen molar-refractivity contribution in [3.05, 3.63) is 28.0 Å². The van der Waals surface area contributed by atoms with Gasteiger partial charge in [-0.3, -0.25) is 4.79 Å². The van der Waals surface area contributed by atoms with Crippen molar-refractivity contribution in [3.63, 3.8) is 0 Å². The maximum absolute atomic E-state index is 11.8. The van der Waals surface area contributed by atoms with Gasteiger partial charge >= 0.3 is 0 Å². The number of aromatic nitrogens is 1. The predicted octanol–water partition coefficient (Wildman–Crippen LogP) is 2.14. The van der Waals surface area contributed by atoms with Gasteiger partial charge in [-0.1, -0.05) is 30.1 Å². The van der Waals surface area contributed by atoms with Crippen LogP contribution in [-0.4, -0.2) is 28.6 Å². The Morgan fingerprint density at radius 1 is 1.47 bits per heavy atom. The molecule has 0 aliphatic rings. The molecule has 2 atom stereocenters. The van der Waals surface area contributed by atoms with E-state index in [0.29, 0.717) is 0 Å². The normalized spacial score (nSPS) is 14.2. The lowest BCUT2D eigenvalue weighted by Gasteiger charge is -2.19. The number of carbonyl (C=O) groups excluding carboxylic acids is 1. The molecular weight excluding hydrogens is 263 g/mol. The van der Waals surface area contributed by atoms with E-state index >= 15 is 0 Å². The monoisotopic (exact) mass is 276 g/mol. The molecule has 6 heteroatoms. The lowest BCUT2D eigenvalue weighted by atomic mass is 10.0. The number of nitrogens with zero attached hydrogens (tertiary/aromatic N) is 1. The van der Waals surface area contributed by atoms with Crippen LogP contribution in [0.15, 0.2) is 12.1 Å². The summed E-state index contributed by atoms with van der Waals surface area (Å²) >= 11 is 11.5. The van der Waals surface area contributed by atoms with Crippen molar-refractivity contribution >= 4 is 29.1 Å². The van der Waals surface area contributed by atoms with Gasteiger partial charge in [0, 0.05) is 12.6 Å². The zero-order chi connectivity index (χ0) is 13.0. The third-order valence-corrected chi connectivity index (χ3v) is 3.06. The number of rotatable bonds is 4. The minimum Gasteiger partial charge on any atom is -0.396 e.